The second-order valence-corrected chi connectivity index (χ2v) is 4.96. The molecule has 15 heavy (non-hydrogen) atoms. The number of nitrogens with one attached hydrogen (secondary N) is 1. The summed E-state index contributed by atoms with van der Waals surface area (Å²) in [5, 5.41) is 4.23. The fourth-order valence-corrected chi connectivity index (χ4v) is 2.65. The molecule has 1 N–H and O–H groups in total. The van der Waals surface area contributed by atoms with Gasteiger partial charge in [0.05, 0.1) is 13.2 Å². The summed E-state index contributed by atoms with van der Waals surface area (Å²) in [4.78, 5) is 2.12. The molecule has 0 radical (unpaired) electrons. The smallest absolute Gasteiger partial charge is 0.260 e. The fraction of sp³-hybridized carbons (Fsp3) is 0.909. The summed E-state index contributed by atoms with van der Waals surface area (Å²) < 4.78 is 5.43. The monoisotopic (exact) mass is 228 g/mol. The van der Waals surface area contributed by atoms with Crippen LogP contribution in [0.25, 0.3) is 0 Å². The lowest BCUT2D eigenvalue weighted by Crippen LogP contribution is -2.41. The van der Waals surface area contributed by atoms with E-state index in [1.165, 1.54) is 32.1 Å². The van der Waals surface area contributed by atoms with E-state index in [9.17, 15) is 0 Å². The molecule has 2 aliphatic rings. The third-order valence-corrected chi connectivity index (χ3v) is 3.57. The van der Waals surface area contributed by atoms with Gasteiger partial charge in [-0.15, -0.1) is 0 Å². The molecule has 86 valence electrons. The molecule has 1 unspecified atom stereocenters. The number of rotatable bonds is 3. The van der Waals surface area contributed by atoms with Crippen LogP contribution in [0, 0.1) is 0 Å². The third kappa shape index (κ3) is 3.05. The van der Waals surface area contributed by atoms with E-state index < -0.39 is 0 Å². The zero-order valence-electron chi connectivity index (χ0n) is 9.37. The van der Waals surface area contributed by atoms with Crippen molar-refractivity contribution in [1.29, 1.82) is 0 Å². The molecule has 0 aromatic carbocycles. The molecule has 1 saturated carbocycles. The lowest BCUT2D eigenvalue weighted by molar-refractivity contribution is 0.255. The number of thiocarbonyl (C=S) groups is 1. The quantitative estimate of drug-likeness (QED) is 0.745. The zero-order chi connectivity index (χ0) is 10.7. The van der Waals surface area contributed by atoms with E-state index in [1.54, 1.807) is 0 Å². The van der Waals surface area contributed by atoms with Crippen molar-refractivity contribution in [3.63, 3.8) is 0 Å². The second kappa shape index (κ2) is 5.12. The van der Waals surface area contributed by atoms with Gasteiger partial charge in [-0.1, -0.05) is 19.3 Å². The number of hydrogen-bond acceptors (Lipinski definition) is 3. The van der Waals surface area contributed by atoms with Crippen molar-refractivity contribution in [2.45, 2.75) is 51.2 Å². The average molecular weight is 228 g/mol. The van der Waals surface area contributed by atoms with Gasteiger partial charge in [0.1, 0.15) is 6.10 Å². The summed E-state index contributed by atoms with van der Waals surface area (Å²) in [5.41, 5.74) is 0. The normalized spacial score (nSPS) is 28.2. The largest absolute Gasteiger partial charge is 0.466 e. The molecule has 0 spiro atoms. The maximum absolute atomic E-state index is 5.43. The van der Waals surface area contributed by atoms with Gasteiger partial charge in [-0.3, -0.25) is 5.32 Å². The summed E-state index contributed by atoms with van der Waals surface area (Å²) in [6.45, 7) is 3.85. The van der Waals surface area contributed by atoms with E-state index in [-0.39, 0.29) is 6.10 Å². The molecule has 2 rings (SSSR count). The summed E-state index contributed by atoms with van der Waals surface area (Å²) in [7, 11) is 0. The van der Waals surface area contributed by atoms with Crippen molar-refractivity contribution in [2.24, 2.45) is 0 Å². The van der Waals surface area contributed by atoms with Gasteiger partial charge < -0.3 is 9.64 Å². The van der Waals surface area contributed by atoms with E-state index in [0.717, 1.165) is 13.2 Å². The summed E-state index contributed by atoms with van der Waals surface area (Å²) in [5.74, 6) is 0. The van der Waals surface area contributed by atoms with Crippen molar-refractivity contribution < 1.29 is 4.74 Å². The Labute approximate surface area is 97.2 Å². The predicted molar refractivity (Wildman–Crippen MR) is 64.7 cm³/mol. The molecule has 3 nitrogen and oxygen atoms in total. The van der Waals surface area contributed by atoms with Gasteiger partial charge in [0.15, 0.2) is 0 Å². The van der Waals surface area contributed by atoms with Gasteiger partial charge in [0.25, 0.3) is 5.17 Å². The van der Waals surface area contributed by atoms with Gasteiger partial charge in [-0.05, 0) is 32.0 Å². The first kappa shape index (κ1) is 11.1. The van der Waals surface area contributed by atoms with Gasteiger partial charge in [-0.2, -0.15) is 0 Å². The topological polar surface area (TPSA) is 24.5 Å². The molecule has 4 heteroatoms. The highest BCUT2D eigenvalue weighted by atomic mass is 32.1. The number of hydrogen-bond donors (Lipinski definition) is 1. The predicted octanol–water partition coefficient (Wildman–Crippen LogP) is 1.87. The standard InChI is InChI=1S/C11H20N2OS/c1-9-7-13(11(15)14-9)8-12-10-5-3-2-4-6-10/h9-10,12H,2-8H2,1H3. The minimum Gasteiger partial charge on any atom is -0.466 e. The van der Waals surface area contributed by atoms with Crippen LogP contribution in [-0.4, -0.2) is 35.4 Å². The molecular weight excluding hydrogens is 208 g/mol. The lowest BCUT2D eigenvalue weighted by Gasteiger charge is -2.25. The molecule has 0 amide bonds. The SMILES string of the molecule is CC1CN(CNC2CCCCC2)C(=S)O1. The Hall–Kier alpha value is -0.350. The Morgan fingerprint density at radius 3 is 2.73 bits per heavy atom. The van der Waals surface area contributed by atoms with E-state index in [2.05, 4.69) is 17.1 Å². The Bertz CT molecular complexity index is 229. The minimum atomic E-state index is 0.255. The molecular formula is C11H20N2OS. The van der Waals surface area contributed by atoms with Gasteiger partial charge in [0.2, 0.25) is 0 Å². The van der Waals surface area contributed by atoms with Crippen molar-refractivity contribution in [1.82, 2.24) is 10.2 Å². The Kier molecular flexibility index (Phi) is 3.81. The van der Waals surface area contributed by atoms with Crippen molar-refractivity contribution in [2.75, 3.05) is 13.2 Å². The van der Waals surface area contributed by atoms with Crippen LogP contribution in [0.2, 0.25) is 0 Å². The number of ether oxygens (including phenoxy) is 1. The van der Waals surface area contributed by atoms with Crippen molar-refractivity contribution in [3.05, 3.63) is 0 Å². The highest BCUT2D eigenvalue weighted by molar-refractivity contribution is 7.80. The lowest BCUT2D eigenvalue weighted by atomic mass is 9.96. The highest BCUT2D eigenvalue weighted by Gasteiger charge is 2.25. The maximum atomic E-state index is 5.43. The van der Waals surface area contributed by atoms with Crippen LogP contribution in [0.15, 0.2) is 0 Å². The molecule has 1 atom stereocenters. The van der Waals surface area contributed by atoms with Crippen LogP contribution in [0.5, 0.6) is 0 Å². The van der Waals surface area contributed by atoms with Gasteiger partial charge in [0, 0.05) is 6.04 Å². The molecule has 2 fully saturated rings. The van der Waals surface area contributed by atoms with Crippen LogP contribution >= 0.6 is 12.2 Å². The first-order chi connectivity index (χ1) is 7.25. The fourth-order valence-electron chi connectivity index (χ4n) is 2.34. The van der Waals surface area contributed by atoms with Crippen molar-refractivity contribution >= 4 is 17.4 Å². The van der Waals surface area contributed by atoms with Crippen molar-refractivity contribution in [3.8, 4) is 0 Å². The van der Waals surface area contributed by atoms with Gasteiger partial charge >= 0.3 is 0 Å². The van der Waals surface area contributed by atoms with Crippen LogP contribution in [0.1, 0.15) is 39.0 Å². The van der Waals surface area contributed by atoms with Crippen LogP contribution in [0.4, 0.5) is 0 Å². The third-order valence-electron chi connectivity index (χ3n) is 3.21. The zero-order valence-corrected chi connectivity index (χ0v) is 10.2. The van der Waals surface area contributed by atoms with E-state index in [0.29, 0.717) is 11.2 Å². The first-order valence-electron chi connectivity index (χ1n) is 5.94. The highest BCUT2D eigenvalue weighted by Crippen LogP contribution is 2.17. The Balaban J connectivity index is 1.70. The molecule has 1 aliphatic heterocycles. The molecule has 0 aromatic heterocycles. The van der Waals surface area contributed by atoms with E-state index in [4.69, 9.17) is 17.0 Å². The van der Waals surface area contributed by atoms with E-state index in [1.807, 2.05) is 0 Å². The Morgan fingerprint density at radius 1 is 1.40 bits per heavy atom. The van der Waals surface area contributed by atoms with Crippen LogP contribution < -0.4 is 5.32 Å². The molecule has 1 saturated heterocycles. The summed E-state index contributed by atoms with van der Waals surface area (Å²) in [6, 6.07) is 0.692. The van der Waals surface area contributed by atoms with Crippen LogP contribution in [-0.2, 0) is 4.74 Å². The van der Waals surface area contributed by atoms with Gasteiger partial charge in [-0.25, -0.2) is 0 Å². The summed E-state index contributed by atoms with van der Waals surface area (Å²) >= 11 is 5.15. The minimum absolute atomic E-state index is 0.255. The summed E-state index contributed by atoms with van der Waals surface area (Å²) in [6.07, 6.45) is 7.03. The molecule has 1 heterocycles. The van der Waals surface area contributed by atoms with E-state index >= 15 is 0 Å². The maximum Gasteiger partial charge on any atom is 0.260 e. The molecule has 0 bridgehead atoms. The molecule has 0 aromatic rings. The average Bonchev–Trinajstić information content (AvgIpc) is 2.56. The van der Waals surface area contributed by atoms with Crippen LogP contribution in [0.3, 0.4) is 0 Å². The second-order valence-electron chi connectivity index (χ2n) is 4.61. The number of nitrogens with zero attached hydrogens (tertiary/aromatic N) is 1. The Morgan fingerprint density at radius 2 is 2.13 bits per heavy atom. The molecule has 1 aliphatic carbocycles. The first-order valence-corrected chi connectivity index (χ1v) is 6.35.